The Hall–Kier alpha value is -2.62. The number of amides is 1. The summed E-state index contributed by atoms with van der Waals surface area (Å²) in [6.45, 7) is 5.97. The van der Waals surface area contributed by atoms with Gasteiger partial charge in [-0.1, -0.05) is 6.07 Å². The third-order valence-corrected chi connectivity index (χ3v) is 6.40. The Bertz CT molecular complexity index is 973. The van der Waals surface area contributed by atoms with Gasteiger partial charge in [0.05, 0.1) is 25.3 Å². The van der Waals surface area contributed by atoms with Crippen LogP contribution in [-0.2, 0) is 23.9 Å². The van der Waals surface area contributed by atoms with E-state index in [2.05, 4.69) is 4.90 Å². The number of halogens is 3. The summed E-state index contributed by atoms with van der Waals surface area (Å²) in [4.78, 5) is 16.9. The van der Waals surface area contributed by atoms with Crippen LogP contribution in [0.3, 0.4) is 0 Å². The van der Waals surface area contributed by atoms with Crippen molar-refractivity contribution in [3.05, 3.63) is 64.7 Å². The number of carbonyl (C=O) groups is 1. The van der Waals surface area contributed by atoms with E-state index in [0.717, 1.165) is 40.4 Å². The molecule has 2 aliphatic rings. The van der Waals surface area contributed by atoms with E-state index in [4.69, 9.17) is 4.74 Å². The van der Waals surface area contributed by atoms with Gasteiger partial charge in [-0.05, 0) is 60.9 Å². The molecule has 0 radical (unpaired) electrons. The number of alkyl halides is 3. The topological polar surface area (TPSA) is 56.2 Å². The number of ether oxygens (including phenoxy) is 1. The number of rotatable bonds is 5. The van der Waals surface area contributed by atoms with Crippen LogP contribution in [0.2, 0.25) is 0 Å². The summed E-state index contributed by atoms with van der Waals surface area (Å²) in [6, 6.07) is 10.6. The van der Waals surface area contributed by atoms with Gasteiger partial charge in [-0.25, -0.2) is 5.06 Å². The monoisotopic (exact) mass is 463 g/mol. The van der Waals surface area contributed by atoms with Crippen LogP contribution < -0.4 is 4.90 Å². The molecule has 2 aromatic rings. The van der Waals surface area contributed by atoms with Gasteiger partial charge in [0.25, 0.3) is 5.91 Å². The molecule has 1 N–H and O–H groups in total. The van der Waals surface area contributed by atoms with Crippen molar-refractivity contribution in [2.45, 2.75) is 32.2 Å². The maximum atomic E-state index is 12.8. The van der Waals surface area contributed by atoms with Crippen LogP contribution in [0.4, 0.5) is 18.9 Å². The Balaban J connectivity index is 1.29. The first-order chi connectivity index (χ1) is 15.7. The number of fused-ring (bicyclic) bond motifs is 1. The molecule has 9 heteroatoms. The van der Waals surface area contributed by atoms with E-state index in [1.54, 1.807) is 6.07 Å². The van der Waals surface area contributed by atoms with E-state index in [9.17, 15) is 23.2 Å². The molecule has 1 amide bonds. The van der Waals surface area contributed by atoms with Crippen molar-refractivity contribution >= 4 is 11.6 Å². The van der Waals surface area contributed by atoms with E-state index < -0.39 is 17.6 Å². The summed E-state index contributed by atoms with van der Waals surface area (Å²) in [5.41, 5.74) is 2.71. The second-order valence-electron chi connectivity index (χ2n) is 8.59. The number of carbonyl (C=O) groups excluding carboxylic acids is 1. The fourth-order valence-electron chi connectivity index (χ4n) is 4.38. The van der Waals surface area contributed by atoms with Crippen molar-refractivity contribution in [3.8, 4) is 0 Å². The summed E-state index contributed by atoms with van der Waals surface area (Å²) in [7, 11) is 0. The van der Waals surface area contributed by atoms with Gasteiger partial charge >= 0.3 is 6.18 Å². The fourth-order valence-corrected chi connectivity index (χ4v) is 4.38. The van der Waals surface area contributed by atoms with Crippen LogP contribution in [0.5, 0.6) is 0 Å². The number of hydrogen-bond donors (Lipinski definition) is 1. The lowest BCUT2D eigenvalue weighted by atomic mass is 10.00. The lowest BCUT2D eigenvalue weighted by Crippen LogP contribution is -2.52. The molecule has 0 aliphatic carbocycles. The molecule has 178 valence electrons. The average molecular weight is 464 g/mol. The van der Waals surface area contributed by atoms with Gasteiger partial charge in [-0.3, -0.25) is 14.9 Å². The Morgan fingerprint density at radius 3 is 2.45 bits per heavy atom. The number of anilines is 1. The predicted molar refractivity (Wildman–Crippen MR) is 117 cm³/mol. The molecule has 2 heterocycles. The summed E-state index contributed by atoms with van der Waals surface area (Å²) < 4.78 is 43.7. The maximum absolute atomic E-state index is 12.8. The van der Waals surface area contributed by atoms with Gasteiger partial charge in [-0.2, -0.15) is 13.2 Å². The molecule has 1 fully saturated rings. The first kappa shape index (κ1) is 23.5. The first-order valence-corrected chi connectivity index (χ1v) is 11.1. The lowest BCUT2D eigenvalue weighted by Gasteiger charge is -2.39. The van der Waals surface area contributed by atoms with Crippen molar-refractivity contribution in [1.29, 1.82) is 0 Å². The standard InChI is InChI=1S/C24H28F3N3O3/c1-17(15-30(32)23(31)19-2-3-20-16-33-13-8-18(20)14-19)28-9-11-29(12-10-28)22-6-4-21(5-7-22)24(25,26)27/h2-7,14,17,32H,8-13,15-16H2,1H3. The molecule has 1 unspecified atom stereocenters. The van der Waals surface area contributed by atoms with Gasteiger partial charge in [0, 0.05) is 43.5 Å². The minimum Gasteiger partial charge on any atom is -0.376 e. The van der Waals surface area contributed by atoms with E-state index in [-0.39, 0.29) is 12.6 Å². The molecule has 33 heavy (non-hydrogen) atoms. The highest BCUT2D eigenvalue weighted by atomic mass is 19.4. The largest absolute Gasteiger partial charge is 0.416 e. The SMILES string of the molecule is CC(CN(O)C(=O)c1ccc2c(c1)CCOC2)N1CCN(c2ccc(C(F)(F)F)cc2)CC1. The van der Waals surface area contributed by atoms with Crippen molar-refractivity contribution in [2.75, 3.05) is 44.2 Å². The molecule has 0 saturated carbocycles. The fraction of sp³-hybridized carbons (Fsp3) is 0.458. The molecular formula is C24H28F3N3O3. The normalized spacial score (nSPS) is 18.0. The van der Waals surface area contributed by atoms with Crippen LogP contribution in [0, 0.1) is 0 Å². The smallest absolute Gasteiger partial charge is 0.376 e. The number of piperazine rings is 1. The van der Waals surface area contributed by atoms with Crippen LogP contribution in [0.1, 0.15) is 34.0 Å². The molecule has 0 bridgehead atoms. The van der Waals surface area contributed by atoms with Crippen molar-refractivity contribution in [3.63, 3.8) is 0 Å². The third-order valence-electron chi connectivity index (χ3n) is 6.40. The molecule has 0 aromatic heterocycles. The van der Waals surface area contributed by atoms with Gasteiger partial charge in [0.1, 0.15) is 0 Å². The van der Waals surface area contributed by atoms with Crippen molar-refractivity contribution < 1.29 is 27.9 Å². The van der Waals surface area contributed by atoms with Gasteiger partial charge in [0.15, 0.2) is 0 Å². The van der Waals surface area contributed by atoms with Crippen LogP contribution in [0.25, 0.3) is 0 Å². The Kier molecular flexibility index (Phi) is 6.92. The molecular weight excluding hydrogens is 435 g/mol. The van der Waals surface area contributed by atoms with E-state index in [1.165, 1.54) is 12.1 Å². The number of benzene rings is 2. The van der Waals surface area contributed by atoms with Crippen molar-refractivity contribution in [2.24, 2.45) is 0 Å². The summed E-state index contributed by atoms with van der Waals surface area (Å²) in [6.07, 6.45) is -3.59. The Morgan fingerprint density at radius 2 is 1.79 bits per heavy atom. The summed E-state index contributed by atoms with van der Waals surface area (Å²) >= 11 is 0. The van der Waals surface area contributed by atoms with Crippen LogP contribution in [-0.4, -0.2) is 66.5 Å². The van der Waals surface area contributed by atoms with Gasteiger partial charge < -0.3 is 9.64 Å². The Morgan fingerprint density at radius 1 is 1.09 bits per heavy atom. The highest BCUT2D eigenvalue weighted by Gasteiger charge is 2.30. The summed E-state index contributed by atoms with van der Waals surface area (Å²) in [5, 5.41) is 11.2. The molecule has 6 nitrogen and oxygen atoms in total. The second kappa shape index (κ2) is 9.70. The van der Waals surface area contributed by atoms with E-state index in [0.29, 0.717) is 45.0 Å². The minimum absolute atomic E-state index is 0.0697. The van der Waals surface area contributed by atoms with Gasteiger partial charge in [-0.15, -0.1) is 0 Å². The number of hydrogen-bond acceptors (Lipinski definition) is 5. The molecule has 2 aromatic carbocycles. The minimum atomic E-state index is -4.34. The maximum Gasteiger partial charge on any atom is 0.416 e. The zero-order valence-corrected chi connectivity index (χ0v) is 18.5. The average Bonchev–Trinajstić information content (AvgIpc) is 2.83. The quantitative estimate of drug-likeness (QED) is 0.540. The van der Waals surface area contributed by atoms with E-state index in [1.807, 2.05) is 24.0 Å². The zero-order chi connectivity index (χ0) is 23.6. The number of hydroxylamine groups is 2. The van der Waals surface area contributed by atoms with Crippen molar-refractivity contribution in [1.82, 2.24) is 9.96 Å². The molecule has 2 aliphatic heterocycles. The second-order valence-corrected chi connectivity index (χ2v) is 8.59. The van der Waals surface area contributed by atoms with Crippen LogP contribution in [0.15, 0.2) is 42.5 Å². The zero-order valence-electron chi connectivity index (χ0n) is 18.5. The molecule has 0 spiro atoms. The summed E-state index contributed by atoms with van der Waals surface area (Å²) in [5.74, 6) is -0.431. The lowest BCUT2D eigenvalue weighted by molar-refractivity contribution is -0.137. The molecule has 4 rings (SSSR count). The first-order valence-electron chi connectivity index (χ1n) is 11.1. The van der Waals surface area contributed by atoms with Gasteiger partial charge in [0.2, 0.25) is 0 Å². The predicted octanol–water partition coefficient (Wildman–Crippen LogP) is 3.82. The molecule has 1 saturated heterocycles. The van der Waals surface area contributed by atoms with Crippen LogP contribution >= 0.6 is 0 Å². The molecule has 1 atom stereocenters. The Labute approximate surface area is 191 Å². The third kappa shape index (κ3) is 5.48. The number of nitrogens with zero attached hydrogens (tertiary/aromatic N) is 3. The highest BCUT2D eigenvalue weighted by Crippen LogP contribution is 2.30. The van der Waals surface area contributed by atoms with E-state index >= 15 is 0 Å². The highest BCUT2D eigenvalue weighted by molar-refractivity contribution is 5.93.